The summed E-state index contributed by atoms with van der Waals surface area (Å²) < 4.78 is 10.8. The Bertz CT molecular complexity index is 1500. The van der Waals surface area contributed by atoms with Crippen LogP contribution in [0.5, 0.6) is 0 Å². The molecule has 0 bridgehead atoms. The second kappa shape index (κ2) is 70.1. The van der Waals surface area contributed by atoms with Crippen molar-refractivity contribution in [3.63, 3.8) is 0 Å². The molecule has 0 aromatic heterocycles. The van der Waals surface area contributed by atoms with Gasteiger partial charge in [-0.2, -0.15) is 0 Å². The van der Waals surface area contributed by atoms with Crippen LogP contribution in [-0.4, -0.2) is 36.4 Å². The molecule has 0 fully saturated rings. The van der Waals surface area contributed by atoms with Crippen LogP contribution >= 0.6 is 0 Å². The van der Waals surface area contributed by atoms with Crippen molar-refractivity contribution in [1.29, 1.82) is 0 Å². The third kappa shape index (κ3) is 67.3. The van der Waals surface area contributed by atoms with E-state index in [-0.39, 0.29) is 25.2 Å². The molecule has 0 rings (SSSR count). The maximum atomic E-state index is 12.4. The van der Waals surface area contributed by atoms with E-state index >= 15 is 0 Å². The number of hydrogen-bond acceptors (Lipinski definition) is 5. The van der Waals surface area contributed by atoms with Crippen molar-refractivity contribution in [1.82, 2.24) is 0 Å². The van der Waals surface area contributed by atoms with Crippen molar-refractivity contribution in [3.05, 3.63) is 97.2 Å². The van der Waals surface area contributed by atoms with Gasteiger partial charge in [0.2, 0.25) is 0 Å². The fraction of sp³-hybridized carbons (Fsp3) is 0.760. The van der Waals surface area contributed by atoms with Gasteiger partial charge in [-0.3, -0.25) is 9.59 Å². The zero-order valence-corrected chi connectivity index (χ0v) is 53.1. The normalized spacial score (nSPS) is 12.8. The summed E-state index contributed by atoms with van der Waals surface area (Å²) in [6.45, 7) is 4.07. The zero-order valence-electron chi connectivity index (χ0n) is 53.1. The summed E-state index contributed by atoms with van der Waals surface area (Å²) in [7, 11) is 0. The Kier molecular flexibility index (Phi) is 67.3. The quantitative estimate of drug-likeness (QED) is 0.0373. The Balaban J connectivity index is 3.45. The third-order valence-corrected chi connectivity index (χ3v) is 15.4. The Morgan fingerprint density at radius 3 is 0.825 bits per heavy atom. The highest BCUT2D eigenvalue weighted by molar-refractivity contribution is 5.70. The van der Waals surface area contributed by atoms with Crippen molar-refractivity contribution < 1.29 is 24.2 Å². The van der Waals surface area contributed by atoms with Gasteiger partial charge in [-0.25, -0.2) is 0 Å². The molecule has 0 aromatic rings. The van der Waals surface area contributed by atoms with Crippen LogP contribution in [0.2, 0.25) is 0 Å². The van der Waals surface area contributed by atoms with E-state index in [1.54, 1.807) is 0 Å². The predicted octanol–water partition coefficient (Wildman–Crippen LogP) is 24.2. The van der Waals surface area contributed by atoms with Crippen LogP contribution in [0.25, 0.3) is 0 Å². The minimum absolute atomic E-state index is 0.0643. The second-order valence-corrected chi connectivity index (χ2v) is 23.2. The fourth-order valence-corrected chi connectivity index (χ4v) is 10.2. The van der Waals surface area contributed by atoms with E-state index < -0.39 is 6.10 Å². The van der Waals surface area contributed by atoms with Gasteiger partial charge in [-0.05, 0) is 96.3 Å². The number of ether oxygens (including phenoxy) is 2. The average Bonchev–Trinajstić information content (AvgIpc) is 3.46. The first-order valence-electron chi connectivity index (χ1n) is 34.8. The molecular weight excluding hydrogens is 981 g/mol. The van der Waals surface area contributed by atoms with Crippen LogP contribution in [0.4, 0.5) is 0 Å². The van der Waals surface area contributed by atoms with Gasteiger partial charge in [-0.15, -0.1) is 0 Å². The lowest BCUT2D eigenvalue weighted by Gasteiger charge is -2.15. The molecule has 1 N–H and O–H groups in total. The zero-order chi connectivity index (χ0) is 57.6. The molecule has 0 heterocycles. The van der Waals surface area contributed by atoms with Gasteiger partial charge in [0.15, 0.2) is 6.10 Å². The Morgan fingerprint density at radius 1 is 0.300 bits per heavy atom. The lowest BCUT2D eigenvalue weighted by Crippen LogP contribution is -2.28. The van der Waals surface area contributed by atoms with Crippen LogP contribution in [0.3, 0.4) is 0 Å². The largest absolute Gasteiger partial charge is 0.462 e. The Hall–Kier alpha value is -3.18. The number of aliphatic hydroxyl groups is 1. The molecule has 0 spiro atoms. The van der Waals surface area contributed by atoms with Crippen LogP contribution in [-0.2, 0) is 19.1 Å². The van der Waals surface area contributed by atoms with Gasteiger partial charge in [0.05, 0.1) is 6.61 Å². The van der Waals surface area contributed by atoms with Crippen molar-refractivity contribution >= 4 is 11.9 Å². The van der Waals surface area contributed by atoms with E-state index in [1.807, 2.05) is 0 Å². The van der Waals surface area contributed by atoms with Gasteiger partial charge < -0.3 is 14.6 Å². The Labute approximate surface area is 498 Å². The first-order valence-corrected chi connectivity index (χ1v) is 34.8. The molecule has 0 aliphatic rings. The molecule has 0 radical (unpaired) electrons. The van der Waals surface area contributed by atoms with Gasteiger partial charge in [0, 0.05) is 12.8 Å². The van der Waals surface area contributed by atoms with E-state index in [4.69, 9.17) is 9.47 Å². The molecule has 0 aromatic carbocycles. The molecule has 5 nitrogen and oxygen atoms in total. The third-order valence-electron chi connectivity index (χ3n) is 15.4. The summed E-state index contributed by atoms with van der Waals surface area (Å²) >= 11 is 0. The Morgan fingerprint density at radius 2 is 0.537 bits per heavy atom. The number of carbonyl (C=O) groups excluding carboxylic acids is 2. The molecule has 0 aliphatic carbocycles. The summed E-state index contributed by atoms with van der Waals surface area (Å²) in [5.41, 5.74) is 0. The highest BCUT2D eigenvalue weighted by Crippen LogP contribution is 2.18. The lowest BCUT2D eigenvalue weighted by molar-refractivity contribution is -0.161. The highest BCUT2D eigenvalue weighted by atomic mass is 16.6. The first-order chi connectivity index (χ1) is 39.6. The molecule has 5 heteroatoms. The lowest BCUT2D eigenvalue weighted by atomic mass is 10.0. The average molecular weight is 1110 g/mol. The molecule has 0 amide bonds. The highest BCUT2D eigenvalue weighted by Gasteiger charge is 2.16. The van der Waals surface area contributed by atoms with Gasteiger partial charge >= 0.3 is 11.9 Å². The number of rotatable bonds is 64. The van der Waals surface area contributed by atoms with E-state index in [2.05, 4.69) is 111 Å². The predicted molar refractivity (Wildman–Crippen MR) is 352 cm³/mol. The van der Waals surface area contributed by atoms with E-state index in [0.29, 0.717) is 12.8 Å². The number of hydrogen-bond donors (Lipinski definition) is 1. The summed E-state index contributed by atoms with van der Waals surface area (Å²) in [5, 5.41) is 9.70. The topological polar surface area (TPSA) is 72.8 Å². The number of carbonyl (C=O) groups is 2. The summed E-state index contributed by atoms with van der Waals surface area (Å²) in [6.07, 6.45) is 100. The molecule has 80 heavy (non-hydrogen) atoms. The standard InChI is InChI=1S/C75H132O5/c1-3-5-7-9-11-13-15-17-19-21-23-25-27-29-31-32-33-34-35-36-37-38-39-40-41-42-44-46-48-50-52-54-56-58-60-62-64-66-68-70-75(78)80-73(71-76)72-79-74(77)69-67-65-63-61-59-57-55-53-51-49-47-45-43-30-28-26-24-22-20-18-16-14-12-10-8-6-4-2/h5,7,11,13,17,19,22-25,29,31,33-34,36-37,73,76H,3-4,6,8-10,12,14-16,18,20-21,26-28,30,32,35,38-72H2,1-2H3/b7-5-,13-11-,19-17-,24-22-,25-23-,31-29-,34-33-,37-36-. The van der Waals surface area contributed by atoms with E-state index in [9.17, 15) is 14.7 Å². The van der Waals surface area contributed by atoms with E-state index in [0.717, 1.165) is 83.5 Å². The van der Waals surface area contributed by atoms with Crippen LogP contribution in [0, 0.1) is 0 Å². The number of unbranched alkanes of at least 4 members (excludes halogenated alkanes) is 40. The van der Waals surface area contributed by atoms with Crippen molar-refractivity contribution in [2.45, 2.75) is 354 Å². The summed E-state index contributed by atoms with van der Waals surface area (Å²) in [5.74, 6) is -0.576. The minimum atomic E-state index is -0.775. The molecule has 0 saturated carbocycles. The van der Waals surface area contributed by atoms with Crippen LogP contribution < -0.4 is 0 Å². The van der Waals surface area contributed by atoms with Crippen LogP contribution in [0.1, 0.15) is 348 Å². The van der Waals surface area contributed by atoms with Gasteiger partial charge in [0.1, 0.15) is 6.61 Å². The van der Waals surface area contributed by atoms with Crippen molar-refractivity contribution in [2.75, 3.05) is 13.2 Å². The molecule has 462 valence electrons. The molecule has 1 unspecified atom stereocenters. The first kappa shape index (κ1) is 76.8. The summed E-state index contributed by atoms with van der Waals surface area (Å²) in [6, 6.07) is 0. The SMILES string of the molecule is CC/C=C\C/C=C\C/C=C\C/C=C\C/C=C\C/C=C\C/C=C\CCCCCCCCCCCCCCCCCCCC(=O)OC(CO)COC(=O)CCCCCCCCCCCCCCCCC/C=C\CCCCCCCCCC. The van der Waals surface area contributed by atoms with Crippen molar-refractivity contribution in [2.24, 2.45) is 0 Å². The number of esters is 2. The maximum absolute atomic E-state index is 12.4. The number of allylic oxidation sites excluding steroid dienone is 16. The smallest absolute Gasteiger partial charge is 0.306 e. The van der Waals surface area contributed by atoms with Gasteiger partial charge in [0.25, 0.3) is 0 Å². The minimum Gasteiger partial charge on any atom is -0.462 e. The second-order valence-electron chi connectivity index (χ2n) is 23.2. The van der Waals surface area contributed by atoms with Crippen LogP contribution in [0.15, 0.2) is 97.2 Å². The molecule has 1 atom stereocenters. The number of aliphatic hydroxyl groups excluding tert-OH is 1. The van der Waals surface area contributed by atoms with Gasteiger partial charge in [-0.1, -0.05) is 336 Å². The van der Waals surface area contributed by atoms with E-state index in [1.165, 1.54) is 238 Å². The molecular formula is C75H132O5. The monoisotopic (exact) mass is 1110 g/mol. The van der Waals surface area contributed by atoms with Crippen molar-refractivity contribution in [3.8, 4) is 0 Å². The molecule has 0 aliphatic heterocycles. The maximum Gasteiger partial charge on any atom is 0.306 e. The molecule has 0 saturated heterocycles. The fourth-order valence-electron chi connectivity index (χ4n) is 10.2. The summed E-state index contributed by atoms with van der Waals surface area (Å²) in [4.78, 5) is 24.6.